The maximum Gasteiger partial charge on any atom is 0.227 e. The normalized spacial score (nSPS) is 11.6. The van der Waals surface area contributed by atoms with Gasteiger partial charge in [0.1, 0.15) is 16.7 Å². The van der Waals surface area contributed by atoms with Crippen LogP contribution in [0, 0.1) is 0 Å². The first-order valence-electron chi connectivity index (χ1n) is 18.5. The summed E-state index contributed by atoms with van der Waals surface area (Å²) in [5.74, 6) is 0.606. The van der Waals surface area contributed by atoms with Crippen LogP contribution in [0.2, 0.25) is 0 Å². The number of aromatic nitrogens is 1. The van der Waals surface area contributed by atoms with Gasteiger partial charge in [-0.05, 0) is 117 Å². The van der Waals surface area contributed by atoms with Gasteiger partial charge in [0.15, 0.2) is 5.58 Å². The highest BCUT2D eigenvalue weighted by atomic mass is 16.3. The van der Waals surface area contributed by atoms with Crippen molar-refractivity contribution in [1.82, 2.24) is 4.98 Å². The Hall–Kier alpha value is -7.43. The smallest absolute Gasteiger partial charge is 0.227 e. The summed E-state index contributed by atoms with van der Waals surface area (Å²) >= 11 is 0. The number of rotatable bonds is 6. The highest BCUT2D eigenvalue weighted by molar-refractivity contribution is 6.17. The topological polar surface area (TPSA) is 42.4 Å². The zero-order valence-corrected chi connectivity index (χ0v) is 29.7. The minimum atomic E-state index is 0.606. The van der Waals surface area contributed by atoms with Gasteiger partial charge in [0.05, 0.1) is 11.1 Å². The minimum Gasteiger partial charge on any atom is -0.456 e. The van der Waals surface area contributed by atoms with Gasteiger partial charge in [-0.1, -0.05) is 121 Å². The second kappa shape index (κ2) is 12.6. The van der Waals surface area contributed by atoms with Crippen molar-refractivity contribution in [3.05, 3.63) is 194 Å². The zero-order valence-electron chi connectivity index (χ0n) is 29.7. The van der Waals surface area contributed by atoms with Crippen LogP contribution >= 0.6 is 0 Å². The number of oxazole rings is 1. The van der Waals surface area contributed by atoms with E-state index in [-0.39, 0.29) is 0 Å². The van der Waals surface area contributed by atoms with Crippen molar-refractivity contribution in [3.63, 3.8) is 0 Å². The maximum atomic E-state index is 6.82. The summed E-state index contributed by atoms with van der Waals surface area (Å²) < 4.78 is 13.0. The van der Waals surface area contributed by atoms with Gasteiger partial charge < -0.3 is 13.7 Å². The number of anilines is 3. The lowest BCUT2D eigenvalue weighted by Crippen LogP contribution is -2.10. The van der Waals surface area contributed by atoms with Crippen LogP contribution in [0.1, 0.15) is 0 Å². The molecule has 0 aliphatic carbocycles. The largest absolute Gasteiger partial charge is 0.456 e. The number of hydrogen-bond donors (Lipinski definition) is 0. The van der Waals surface area contributed by atoms with Crippen molar-refractivity contribution in [2.24, 2.45) is 0 Å². The van der Waals surface area contributed by atoms with Crippen molar-refractivity contribution >= 4 is 71.6 Å². The van der Waals surface area contributed by atoms with Crippen molar-refractivity contribution < 1.29 is 8.83 Å². The first-order valence-corrected chi connectivity index (χ1v) is 18.5. The van der Waals surface area contributed by atoms with Gasteiger partial charge in [0, 0.05) is 22.3 Å². The van der Waals surface area contributed by atoms with E-state index < -0.39 is 0 Å². The molecular weight excluding hydrogens is 673 g/mol. The standard InChI is InChI=1S/C51H32N2O2/c1-3-11-33(12-4-1)35-19-23-42(24-20-35)53(43-25-21-34-13-7-8-16-37(34)27-43)46-30-41(32-49-50(46)44-28-38-17-9-10-18-39(38)31-48(44)54-49)40-22-26-47-45(29-40)52-51(55-47)36-14-5-2-6-15-36/h1-32H. The first kappa shape index (κ1) is 31.1. The number of nitrogens with zero attached hydrogens (tertiary/aromatic N) is 2. The Kier molecular flexibility index (Phi) is 7.14. The highest BCUT2D eigenvalue weighted by Gasteiger charge is 2.23. The molecule has 2 heterocycles. The van der Waals surface area contributed by atoms with E-state index in [4.69, 9.17) is 13.8 Å². The number of fused-ring (bicyclic) bond motifs is 6. The van der Waals surface area contributed by atoms with Crippen molar-refractivity contribution in [2.45, 2.75) is 0 Å². The van der Waals surface area contributed by atoms with Gasteiger partial charge in [-0.2, -0.15) is 0 Å². The van der Waals surface area contributed by atoms with E-state index in [1.807, 2.05) is 36.4 Å². The zero-order chi connectivity index (χ0) is 36.3. The molecule has 0 fully saturated rings. The summed E-state index contributed by atoms with van der Waals surface area (Å²) in [7, 11) is 0. The molecule has 0 aliphatic heterocycles. The fraction of sp³-hybridized carbons (Fsp3) is 0. The molecule has 4 nitrogen and oxygen atoms in total. The van der Waals surface area contributed by atoms with Crippen LogP contribution in [0.15, 0.2) is 203 Å². The quantitative estimate of drug-likeness (QED) is 0.173. The molecule has 258 valence electrons. The highest BCUT2D eigenvalue weighted by Crippen LogP contribution is 2.47. The molecule has 4 heteroatoms. The molecule has 0 atom stereocenters. The molecule has 0 unspecified atom stereocenters. The van der Waals surface area contributed by atoms with Crippen LogP contribution in [-0.4, -0.2) is 4.98 Å². The second-order valence-electron chi connectivity index (χ2n) is 14.0. The average Bonchev–Trinajstić information content (AvgIpc) is 3.85. The Morgan fingerprint density at radius 1 is 0.364 bits per heavy atom. The molecule has 11 aromatic rings. The van der Waals surface area contributed by atoms with E-state index in [0.29, 0.717) is 5.89 Å². The van der Waals surface area contributed by atoms with E-state index in [0.717, 1.165) is 77.7 Å². The molecule has 0 radical (unpaired) electrons. The van der Waals surface area contributed by atoms with Gasteiger partial charge in [0.2, 0.25) is 5.89 Å². The predicted molar refractivity (Wildman–Crippen MR) is 227 cm³/mol. The molecule has 0 N–H and O–H groups in total. The third kappa shape index (κ3) is 5.43. The van der Waals surface area contributed by atoms with Crippen LogP contribution in [-0.2, 0) is 0 Å². The molecule has 0 bridgehead atoms. The molecule has 0 saturated carbocycles. The van der Waals surface area contributed by atoms with Gasteiger partial charge in [-0.15, -0.1) is 0 Å². The summed E-state index contributed by atoms with van der Waals surface area (Å²) in [5, 5.41) is 6.81. The monoisotopic (exact) mass is 704 g/mol. The molecule has 0 saturated heterocycles. The van der Waals surface area contributed by atoms with E-state index in [9.17, 15) is 0 Å². The summed E-state index contributed by atoms with van der Waals surface area (Å²) in [6, 6.07) is 68.3. The van der Waals surface area contributed by atoms with E-state index in [1.165, 1.54) is 21.7 Å². The lowest BCUT2D eigenvalue weighted by Gasteiger charge is -2.27. The fourth-order valence-corrected chi connectivity index (χ4v) is 7.90. The molecule has 0 amide bonds. The molecule has 55 heavy (non-hydrogen) atoms. The van der Waals surface area contributed by atoms with Crippen LogP contribution < -0.4 is 4.90 Å². The maximum absolute atomic E-state index is 6.82. The van der Waals surface area contributed by atoms with Crippen LogP contribution in [0.25, 0.3) is 88.3 Å². The van der Waals surface area contributed by atoms with Crippen molar-refractivity contribution in [2.75, 3.05) is 4.90 Å². The summed E-state index contributed by atoms with van der Waals surface area (Å²) in [5.41, 5.74) is 11.7. The molecule has 2 aromatic heterocycles. The Morgan fingerprint density at radius 3 is 1.75 bits per heavy atom. The predicted octanol–water partition coefficient (Wildman–Crippen LogP) is 14.5. The van der Waals surface area contributed by atoms with E-state index >= 15 is 0 Å². The summed E-state index contributed by atoms with van der Waals surface area (Å²) in [4.78, 5) is 7.29. The third-order valence-corrected chi connectivity index (χ3v) is 10.6. The lowest BCUT2D eigenvalue weighted by molar-refractivity contribution is 0.620. The molecule has 0 spiro atoms. The Labute approximate surface area is 317 Å². The Balaban J connectivity index is 1.17. The number of benzene rings is 9. The molecular formula is C51H32N2O2. The van der Waals surface area contributed by atoms with Gasteiger partial charge in [0.25, 0.3) is 0 Å². The summed E-state index contributed by atoms with van der Waals surface area (Å²) in [6.45, 7) is 0. The molecule has 0 aliphatic rings. The Morgan fingerprint density at radius 2 is 0.982 bits per heavy atom. The van der Waals surface area contributed by atoms with Gasteiger partial charge in [-0.3, -0.25) is 0 Å². The molecule has 11 rings (SSSR count). The van der Waals surface area contributed by atoms with E-state index in [2.05, 4.69) is 163 Å². The van der Waals surface area contributed by atoms with Gasteiger partial charge >= 0.3 is 0 Å². The van der Waals surface area contributed by atoms with Crippen LogP contribution in [0.5, 0.6) is 0 Å². The van der Waals surface area contributed by atoms with E-state index in [1.54, 1.807) is 0 Å². The fourth-order valence-electron chi connectivity index (χ4n) is 7.90. The van der Waals surface area contributed by atoms with Crippen molar-refractivity contribution in [1.29, 1.82) is 0 Å². The average molecular weight is 705 g/mol. The second-order valence-corrected chi connectivity index (χ2v) is 14.0. The minimum absolute atomic E-state index is 0.606. The lowest BCUT2D eigenvalue weighted by atomic mass is 9.98. The third-order valence-electron chi connectivity index (χ3n) is 10.6. The SMILES string of the molecule is c1ccc(-c2ccc(N(c3ccc4ccccc4c3)c3cc(-c4ccc5oc(-c6ccccc6)nc5c4)cc4oc5cc6ccccc6cc5c34)cc2)cc1. The van der Waals surface area contributed by atoms with Crippen LogP contribution in [0.3, 0.4) is 0 Å². The Bertz CT molecular complexity index is 3200. The van der Waals surface area contributed by atoms with Gasteiger partial charge in [-0.25, -0.2) is 4.98 Å². The first-order chi connectivity index (χ1) is 27.2. The summed E-state index contributed by atoms with van der Waals surface area (Å²) in [6.07, 6.45) is 0. The van der Waals surface area contributed by atoms with Crippen LogP contribution in [0.4, 0.5) is 17.1 Å². The number of furan rings is 1. The number of hydrogen-bond acceptors (Lipinski definition) is 4. The molecule has 9 aromatic carbocycles. The van der Waals surface area contributed by atoms with Crippen molar-refractivity contribution in [3.8, 4) is 33.7 Å².